The molecular weight excluding hydrogens is 390 g/mol. The van der Waals surface area contributed by atoms with Gasteiger partial charge in [-0.15, -0.1) is 11.3 Å². The van der Waals surface area contributed by atoms with Gasteiger partial charge in [0.1, 0.15) is 0 Å². The van der Waals surface area contributed by atoms with Crippen LogP contribution in [-0.2, 0) is 0 Å². The minimum Gasteiger partial charge on any atom is -0.349 e. The van der Waals surface area contributed by atoms with Crippen molar-refractivity contribution in [2.75, 3.05) is 0 Å². The Morgan fingerprint density at radius 3 is 2.58 bits per heavy atom. The largest absolute Gasteiger partial charge is 0.349 e. The molecule has 1 fully saturated rings. The van der Waals surface area contributed by atoms with Crippen LogP contribution in [0.4, 0.5) is 0 Å². The molecule has 2 nitrogen and oxygen atoms in total. The minimum absolute atomic E-state index is 0.0651. The van der Waals surface area contributed by atoms with Gasteiger partial charge < -0.3 is 5.32 Å². The maximum Gasteiger partial charge on any atom is 0.261 e. The van der Waals surface area contributed by atoms with Gasteiger partial charge in [0, 0.05) is 10.5 Å². The molecule has 1 aromatic heterocycles. The van der Waals surface area contributed by atoms with Crippen molar-refractivity contribution in [3.05, 3.63) is 19.2 Å². The van der Waals surface area contributed by atoms with E-state index in [2.05, 4.69) is 44.1 Å². The zero-order valence-corrected chi connectivity index (χ0v) is 15.0. The summed E-state index contributed by atoms with van der Waals surface area (Å²) >= 11 is 8.32. The Labute approximate surface area is 135 Å². The Morgan fingerprint density at radius 1 is 1.37 bits per heavy atom. The van der Waals surface area contributed by atoms with E-state index in [4.69, 9.17) is 0 Å². The second kappa shape index (κ2) is 7.23. The van der Waals surface area contributed by atoms with Crippen LogP contribution in [0.5, 0.6) is 0 Å². The Kier molecular flexibility index (Phi) is 5.90. The van der Waals surface area contributed by atoms with Crippen molar-refractivity contribution in [1.82, 2.24) is 5.32 Å². The zero-order chi connectivity index (χ0) is 13.8. The fourth-order valence-electron chi connectivity index (χ4n) is 2.72. The summed E-state index contributed by atoms with van der Waals surface area (Å²) in [5.74, 6) is 0.943. The SMILES string of the molecule is CCCC1CCC(NC(=O)c2cc(Br)c(Br)s2)CC1. The highest BCUT2D eigenvalue weighted by molar-refractivity contribution is 9.13. The predicted octanol–water partition coefficient (Wildman–Crippen LogP) is 5.36. The first-order chi connectivity index (χ1) is 9.10. The summed E-state index contributed by atoms with van der Waals surface area (Å²) in [7, 11) is 0. The number of nitrogens with one attached hydrogen (secondary N) is 1. The lowest BCUT2D eigenvalue weighted by molar-refractivity contribution is 0.0925. The maximum atomic E-state index is 12.1. The Bertz CT molecular complexity index is 419. The van der Waals surface area contributed by atoms with Gasteiger partial charge in [0.2, 0.25) is 0 Å². The van der Waals surface area contributed by atoms with Crippen LogP contribution in [0, 0.1) is 5.92 Å². The topological polar surface area (TPSA) is 29.1 Å². The van der Waals surface area contributed by atoms with Gasteiger partial charge in [-0.25, -0.2) is 0 Å². The third-order valence-electron chi connectivity index (χ3n) is 3.75. The molecule has 0 atom stereocenters. The highest BCUT2D eigenvalue weighted by atomic mass is 79.9. The van der Waals surface area contributed by atoms with E-state index in [0.29, 0.717) is 6.04 Å². The average molecular weight is 409 g/mol. The molecule has 0 aromatic carbocycles. The third-order valence-corrected chi connectivity index (χ3v) is 7.00. The summed E-state index contributed by atoms with van der Waals surface area (Å²) in [5, 5.41) is 3.17. The van der Waals surface area contributed by atoms with E-state index in [0.717, 1.165) is 31.9 Å². The lowest BCUT2D eigenvalue weighted by Gasteiger charge is -2.28. The summed E-state index contributed by atoms with van der Waals surface area (Å²) in [6.07, 6.45) is 7.39. The number of hydrogen-bond donors (Lipinski definition) is 1. The molecular formula is C14H19Br2NOS. The smallest absolute Gasteiger partial charge is 0.261 e. The van der Waals surface area contributed by atoms with Crippen LogP contribution in [0.25, 0.3) is 0 Å². The van der Waals surface area contributed by atoms with Gasteiger partial charge in [-0.3, -0.25) is 4.79 Å². The summed E-state index contributed by atoms with van der Waals surface area (Å²) < 4.78 is 1.93. The van der Waals surface area contributed by atoms with E-state index < -0.39 is 0 Å². The molecule has 0 saturated heterocycles. The van der Waals surface area contributed by atoms with E-state index in [1.54, 1.807) is 0 Å². The third kappa shape index (κ3) is 4.30. The molecule has 0 radical (unpaired) electrons. The van der Waals surface area contributed by atoms with Gasteiger partial charge in [-0.05, 0) is 69.5 Å². The molecule has 106 valence electrons. The molecule has 1 aliphatic rings. The highest BCUT2D eigenvalue weighted by Crippen LogP contribution is 2.33. The number of rotatable bonds is 4. The normalized spacial score (nSPS) is 23.3. The van der Waals surface area contributed by atoms with Crippen molar-refractivity contribution in [2.45, 2.75) is 51.5 Å². The number of carbonyl (C=O) groups excluding carboxylic acids is 1. The van der Waals surface area contributed by atoms with Crippen molar-refractivity contribution in [2.24, 2.45) is 5.92 Å². The second-order valence-electron chi connectivity index (χ2n) is 5.21. The van der Waals surface area contributed by atoms with E-state index >= 15 is 0 Å². The lowest BCUT2D eigenvalue weighted by atomic mass is 9.83. The summed E-state index contributed by atoms with van der Waals surface area (Å²) in [6.45, 7) is 2.25. The van der Waals surface area contributed by atoms with Crippen molar-refractivity contribution >= 4 is 49.1 Å². The summed E-state index contributed by atoms with van der Waals surface area (Å²) in [6, 6.07) is 2.24. The van der Waals surface area contributed by atoms with E-state index in [1.807, 2.05) is 6.07 Å². The van der Waals surface area contributed by atoms with Crippen LogP contribution in [-0.4, -0.2) is 11.9 Å². The van der Waals surface area contributed by atoms with E-state index in [-0.39, 0.29) is 5.91 Å². The number of amides is 1. The summed E-state index contributed by atoms with van der Waals surface area (Å²) in [4.78, 5) is 12.9. The molecule has 0 aliphatic heterocycles. The number of carbonyl (C=O) groups is 1. The molecule has 1 amide bonds. The first kappa shape index (κ1) is 15.5. The molecule has 1 N–H and O–H groups in total. The average Bonchev–Trinajstić information content (AvgIpc) is 2.72. The number of thiophene rings is 1. The quantitative estimate of drug-likeness (QED) is 0.713. The van der Waals surface area contributed by atoms with Crippen LogP contribution in [0.15, 0.2) is 14.3 Å². The molecule has 1 aliphatic carbocycles. The Morgan fingerprint density at radius 2 is 2.05 bits per heavy atom. The molecule has 0 bridgehead atoms. The van der Waals surface area contributed by atoms with Gasteiger partial charge in [0.05, 0.1) is 8.66 Å². The molecule has 19 heavy (non-hydrogen) atoms. The fourth-order valence-corrected chi connectivity index (χ4v) is 4.66. The van der Waals surface area contributed by atoms with Gasteiger partial charge in [0.15, 0.2) is 0 Å². The highest BCUT2D eigenvalue weighted by Gasteiger charge is 2.23. The van der Waals surface area contributed by atoms with Crippen LogP contribution in [0.3, 0.4) is 0 Å². The molecule has 1 heterocycles. The van der Waals surface area contributed by atoms with Crippen LogP contribution >= 0.6 is 43.2 Å². The zero-order valence-electron chi connectivity index (χ0n) is 11.0. The van der Waals surface area contributed by atoms with E-state index in [9.17, 15) is 4.79 Å². The molecule has 1 saturated carbocycles. The first-order valence-corrected chi connectivity index (χ1v) is 9.26. The fraction of sp³-hybridized carbons (Fsp3) is 0.643. The molecule has 1 aromatic rings. The lowest BCUT2D eigenvalue weighted by Crippen LogP contribution is -2.37. The number of hydrogen-bond acceptors (Lipinski definition) is 2. The van der Waals surface area contributed by atoms with Crippen molar-refractivity contribution in [3.8, 4) is 0 Å². The van der Waals surface area contributed by atoms with Crippen molar-refractivity contribution in [3.63, 3.8) is 0 Å². The minimum atomic E-state index is 0.0651. The molecule has 0 unspecified atom stereocenters. The second-order valence-corrected chi connectivity index (χ2v) is 8.44. The maximum absolute atomic E-state index is 12.1. The monoisotopic (exact) mass is 407 g/mol. The Balaban J connectivity index is 1.84. The first-order valence-electron chi connectivity index (χ1n) is 6.85. The van der Waals surface area contributed by atoms with Crippen molar-refractivity contribution in [1.29, 1.82) is 0 Å². The van der Waals surface area contributed by atoms with Gasteiger partial charge >= 0.3 is 0 Å². The van der Waals surface area contributed by atoms with E-state index in [1.165, 1.54) is 37.0 Å². The van der Waals surface area contributed by atoms with Crippen LogP contribution in [0.2, 0.25) is 0 Å². The van der Waals surface area contributed by atoms with Crippen LogP contribution in [0.1, 0.15) is 55.1 Å². The van der Waals surface area contributed by atoms with Crippen LogP contribution < -0.4 is 5.32 Å². The molecule has 2 rings (SSSR count). The van der Waals surface area contributed by atoms with Crippen molar-refractivity contribution < 1.29 is 4.79 Å². The Hall–Kier alpha value is 0.130. The predicted molar refractivity (Wildman–Crippen MR) is 87.8 cm³/mol. The molecule has 5 heteroatoms. The standard InChI is InChI=1S/C14H19Br2NOS/c1-2-3-9-4-6-10(7-5-9)17-14(18)12-8-11(15)13(16)19-12/h8-10H,2-7H2,1H3,(H,17,18). The molecule has 0 spiro atoms. The van der Waals surface area contributed by atoms with Gasteiger partial charge in [-0.1, -0.05) is 19.8 Å². The van der Waals surface area contributed by atoms with Gasteiger partial charge in [0.25, 0.3) is 5.91 Å². The number of halogens is 2. The van der Waals surface area contributed by atoms with Gasteiger partial charge in [-0.2, -0.15) is 0 Å². The summed E-state index contributed by atoms with van der Waals surface area (Å²) in [5.41, 5.74) is 0.